The van der Waals surface area contributed by atoms with Gasteiger partial charge in [-0.25, -0.2) is 9.78 Å². The molecule has 1 N–H and O–H groups in total. The highest BCUT2D eigenvalue weighted by Gasteiger charge is 2.33. The van der Waals surface area contributed by atoms with Gasteiger partial charge in [0.1, 0.15) is 5.82 Å². The number of carboxylic acids is 1. The Hall–Kier alpha value is -3.35. The topological polar surface area (TPSA) is 84.7 Å². The molecule has 1 fully saturated rings. The number of fused-ring (bicyclic) bond motifs is 3. The molecule has 7 heteroatoms. The molecular weight excluding hydrogens is 454 g/mol. The highest BCUT2D eigenvalue weighted by Crippen LogP contribution is 2.40. The van der Waals surface area contributed by atoms with Crippen LogP contribution in [0.4, 0.5) is 10.5 Å². The van der Waals surface area contributed by atoms with Gasteiger partial charge in [-0.3, -0.25) is 9.69 Å². The van der Waals surface area contributed by atoms with Crippen LogP contribution in [0.1, 0.15) is 80.8 Å². The van der Waals surface area contributed by atoms with Gasteiger partial charge in [0.25, 0.3) is 0 Å². The second-order valence-corrected chi connectivity index (χ2v) is 10.2. The average Bonchev–Trinajstić information content (AvgIpc) is 3.05. The number of amides is 1. The van der Waals surface area contributed by atoms with Crippen molar-refractivity contribution in [3.8, 4) is 0 Å². The summed E-state index contributed by atoms with van der Waals surface area (Å²) in [4.78, 5) is 31.9. The van der Waals surface area contributed by atoms with Crippen LogP contribution in [0.25, 0.3) is 11.0 Å². The molecule has 1 aliphatic carbocycles. The Balaban J connectivity index is 1.66. The van der Waals surface area contributed by atoms with Crippen LogP contribution < -0.4 is 4.90 Å². The molecule has 1 aromatic heterocycles. The van der Waals surface area contributed by atoms with Gasteiger partial charge in [0.15, 0.2) is 0 Å². The molecule has 0 bridgehead atoms. The number of rotatable bonds is 5. The Bertz CT molecular complexity index is 1240. The minimum Gasteiger partial charge on any atom is -0.481 e. The smallest absolute Gasteiger partial charge is 0.414 e. The van der Waals surface area contributed by atoms with E-state index in [1.54, 1.807) is 4.90 Å². The largest absolute Gasteiger partial charge is 0.481 e. The van der Waals surface area contributed by atoms with Crippen LogP contribution in [0.5, 0.6) is 0 Å². The van der Waals surface area contributed by atoms with Crippen LogP contribution in [0.2, 0.25) is 0 Å². The van der Waals surface area contributed by atoms with Crippen molar-refractivity contribution in [2.75, 3.05) is 12.0 Å². The zero-order valence-corrected chi connectivity index (χ0v) is 21.2. The summed E-state index contributed by atoms with van der Waals surface area (Å²) in [6.07, 6.45) is 8.58. The van der Waals surface area contributed by atoms with E-state index in [1.807, 2.05) is 43.3 Å². The number of methoxy groups -OCH3 is 1. The molecule has 0 saturated heterocycles. The first-order chi connectivity index (χ1) is 17.5. The van der Waals surface area contributed by atoms with Crippen molar-refractivity contribution in [1.29, 1.82) is 0 Å². The molecule has 0 unspecified atom stereocenters. The Kier molecular flexibility index (Phi) is 6.99. The minimum absolute atomic E-state index is 0.0419. The molecule has 2 heterocycles. The number of hydrogen-bond acceptors (Lipinski definition) is 4. The van der Waals surface area contributed by atoms with Gasteiger partial charge in [-0.15, -0.1) is 0 Å². The molecule has 190 valence electrons. The zero-order chi connectivity index (χ0) is 25.2. The first-order valence-corrected chi connectivity index (χ1v) is 13.2. The summed E-state index contributed by atoms with van der Waals surface area (Å²) in [6, 6.07) is 13.9. The standard InChI is InChI=1S/C29H35N3O4/c1-19-14-15-22-24(31(19)29(35)36-2)16-17-25-27(22)30-26(32(25)21-12-8-3-4-9-13-21)18-23(28(33)34)20-10-6-5-7-11-20/h5-7,10-11,16-17,19,21,23H,3-4,8-9,12-15,18H2,1-2H3,(H,33,34)/t19-,23+/m0/s1. The maximum atomic E-state index is 12.6. The van der Waals surface area contributed by atoms with Crippen molar-refractivity contribution < 1.29 is 19.4 Å². The number of hydrogen-bond donors (Lipinski definition) is 1. The van der Waals surface area contributed by atoms with E-state index in [0.29, 0.717) is 12.5 Å². The molecule has 5 rings (SSSR count). The molecular formula is C29H35N3O4. The van der Waals surface area contributed by atoms with E-state index in [-0.39, 0.29) is 12.1 Å². The fourth-order valence-electron chi connectivity index (χ4n) is 6.11. The molecule has 0 spiro atoms. The van der Waals surface area contributed by atoms with E-state index in [9.17, 15) is 14.7 Å². The van der Waals surface area contributed by atoms with E-state index in [1.165, 1.54) is 32.8 Å². The maximum absolute atomic E-state index is 12.6. The highest BCUT2D eigenvalue weighted by molar-refractivity contribution is 5.95. The summed E-state index contributed by atoms with van der Waals surface area (Å²) in [5.74, 6) is -0.687. The SMILES string of the molecule is COC(=O)N1c2ccc3c(nc(C[C@@H](C(=O)O)c4ccccc4)n3C3CCCCCC3)c2CC[C@@H]1C. The molecule has 3 aromatic rings. The summed E-state index contributed by atoms with van der Waals surface area (Å²) in [6.45, 7) is 2.04. The second-order valence-electron chi connectivity index (χ2n) is 10.2. The van der Waals surface area contributed by atoms with Crippen LogP contribution >= 0.6 is 0 Å². The first kappa shape index (κ1) is 24.3. The Morgan fingerprint density at radius 3 is 2.44 bits per heavy atom. The number of nitrogens with zero attached hydrogens (tertiary/aromatic N) is 3. The lowest BCUT2D eigenvalue weighted by Gasteiger charge is -2.34. The molecule has 1 amide bonds. The Morgan fingerprint density at radius 2 is 1.78 bits per heavy atom. The predicted octanol–water partition coefficient (Wildman–Crippen LogP) is 6.25. The number of anilines is 1. The zero-order valence-electron chi connectivity index (χ0n) is 21.2. The number of carboxylic acid groups (broad SMARTS) is 1. The number of benzene rings is 2. The van der Waals surface area contributed by atoms with E-state index >= 15 is 0 Å². The van der Waals surface area contributed by atoms with Crippen molar-refractivity contribution in [2.24, 2.45) is 0 Å². The van der Waals surface area contributed by atoms with E-state index in [4.69, 9.17) is 9.72 Å². The van der Waals surface area contributed by atoms with Gasteiger partial charge >= 0.3 is 12.1 Å². The van der Waals surface area contributed by atoms with Gasteiger partial charge in [-0.05, 0) is 50.3 Å². The third kappa shape index (κ3) is 4.47. The number of carbonyl (C=O) groups excluding carboxylic acids is 1. The van der Waals surface area contributed by atoms with Crippen molar-refractivity contribution in [3.05, 3.63) is 59.4 Å². The van der Waals surface area contributed by atoms with Crippen molar-refractivity contribution in [3.63, 3.8) is 0 Å². The fraction of sp³-hybridized carbons (Fsp3) is 0.483. The summed E-state index contributed by atoms with van der Waals surface area (Å²) >= 11 is 0. The molecule has 2 aromatic carbocycles. The predicted molar refractivity (Wildman–Crippen MR) is 140 cm³/mol. The minimum atomic E-state index is -0.839. The lowest BCUT2D eigenvalue weighted by molar-refractivity contribution is -0.138. The van der Waals surface area contributed by atoms with E-state index in [2.05, 4.69) is 10.6 Å². The molecule has 2 atom stereocenters. The van der Waals surface area contributed by atoms with Crippen molar-refractivity contribution in [1.82, 2.24) is 9.55 Å². The van der Waals surface area contributed by atoms with Crippen LogP contribution in [-0.4, -0.2) is 39.9 Å². The molecule has 7 nitrogen and oxygen atoms in total. The molecule has 2 aliphatic rings. The summed E-state index contributed by atoms with van der Waals surface area (Å²) in [7, 11) is 1.41. The number of ether oxygens (including phenoxy) is 1. The molecule has 1 aliphatic heterocycles. The average molecular weight is 490 g/mol. The van der Waals surface area contributed by atoms with Gasteiger partial charge in [0.05, 0.1) is 29.7 Å². The van der Waals surface area contributed by atoms with Gasteiger partial charge in [0.2, 0.25) is 0 Å². The first-order valence-electron chi connectivity index (χ1n) is 13.2. The van der Waals surface area contributed by atoms with E-state index in [0.717, 1.165) is 59.4 Å². The summed E-state index contributed by atoms with van der Waals surface area (Å²) in [5.41, 5.74) is 4.63. The monoisotopic (exact) mass is 489 g/mol. The molecule has 36 heavy (non-hydrogen) atoms. The highest BCUT2D eigenvalue weighted by atomic mass is 16.5. The van der Waals surface area contributed by atoms with Gasteiger partial charge < -0.3 is 14.4 Å². The number of imidazole rings is 1. The van der Waals surface area contributed by atoms with Crippen molar-refractivity contribution in [2.45, 2.75) is 82.7 Å². The van der Waals surface area contributed by atoms with Crippen molar-refractivity contribution >= 4 is 28.8 Å². The quantitative estimate of drug-likeness (QED) is 0.428. The number of aromatic nitrogens is 2. The summed E-state index contributed by atoms with van der Waals surface area (Å²) < 4.78 is 7.42. The van der Waals surface area contributed by atoms with Crippen LogP contribution in [-0.2, 0) is 22.4 Å². The fourth-order valence-corrected chi connectivity index (χ4v) is 6.11. The second kappa shape index (κ2) is 10.3. The summed E-state index contributed by atoms with van der Waals surface area (Å²) in [5, 5.41) is 10.2. The maximum Gasteiger partial charge on any atom is 0.414 e. The third-order valence-corrected chi connectivity index (χ3v) is 7.98. The van der Waals surface area contributed by atoms with Crippen LogP contribution in [0.15, 0.2) is 42.5 Å². The normalized spacial score (nSPS) is 19.5. The van der Waals surface area contributed by atoms with Gasteiger partial charge in [-0.1, -0.05) is 56.0 Å². The van der Waals surface area contributed by atoms with Gasteiger partial charge in [-0.2, -0.15) is 0 Å². The number of carbonyl (C=O) groups is 2. The van der Waals surface area contributed by atoms with E-state index < -0.39 is 11.9 Å². The molecule has 0 radical (unpaired) electrons. The third-order valence-electron chi connectivity index (χ3n) is 7.98. The lowest BCUT2D eigenvalue weighted by atomic mass is 9.95. The Labute approximate surface area is 212 Å². The molecule has 1 saturated carbocycles. The number of aryl methyl sites for hydroxylation is 1. The van der Waals surface area contributed by atoms with Crippen LogP contribution in [0, 0.1) is 0 Å². The number of aliphatic carboxylic acids is 1. The van der Waals surface area contributed by atoms with Crippen LogP contribution in [0.3, 0.4) is 0 Å². The van der Waals surface area contributed by atoms with Gasteiger partial charge in [0, 0.05) is 24.1 Å². The Morgan fingerprint density at radius 1 is 1.06 bits per heavy atom. The lowest BCUT2D eigenvalue weighted by Crippen LogP contribution is -2.42.